The van der Waals surface area contributed by atoms with E-state index in [1.54, 1.807) is 7.11 Å². The Kier molecular flexibility index (Phi) is 5.78. The maximum Gasteiger partial charge on any atom is 0.144 e. The zero-order valence-electron chi connectivity index (χ0n) is 12.6. The van der Waals surface area contributed by atoms with Gasteiger partial charge in [-0.3, -0.25) is 0 Å². The van der Waals surface area contributed by atoms with Crippen molar-refractivity contribution in [3.05, 3.63) is 16.0 Å². The minimum atomic E-state index is 0.490. The fraction of sp³-hybridized carbons (Fsp3) is 0.733. The van der Waals surface area contributed by atoms with E-state index in [1.165, 1.54) is 32.1 Å². The van der Waals surface area contributed by atoms with Crippen LogP contribution in [-0.2, 0) is 11.3 Å². The lowest BCUT2D eigenvalue weighted by Crippen LogP contribution is -2.17. The van der Waals surface area contributed by atoms with Crippen molar-refractivity contribution in [1.82, 2.24) is 9.97 Å². The molecule has 2 atom stereocenters. The predicted octanol–water partition coefficient (Wildman–Crippen LogP) is 4.11. The van der Waals surface area contributed by atoms with Gasteiger partial charge in [-0.15, -0.1) is 0 Å². The Hall–Kier alpha value is -0.680. The Labute approximate surface area is 129 Å². The lowest BCUT2D eigenvalue weighted by molar-refractivity contribution is 0.180. The first-order valence-corrected chi connectivity index (χ1v) is 8.21. The molecule has 2 rings (SSSR count). The largest absolute Gasteiger partial charge is 0.378 e. The van der Waals surface area contributed by atoms with Crippen molar-refractivity contribution < 1.29 is 4.74 Å². The van der Waals surface area contributed by atoms with Crippen molar-refractivity contribution in [3.63, 3.8) is 0 Å². The Morgan fingerprint density at radius 3 is 2.80 bits per heavy atom. The van der Waals surface area contributed by atoms with Crippen LogP contribution in [0.5, 0.6) is 0 Å². The van der Waals surface area contributed by atoms with Crippen LogP contribution >= 0.6 is 15.9 Å². The summed E-state index contributed by atoms with van der Waals surface area (Å²) in [6, 6.07) is 0. The third-order valence-electron chi connectivity index (χ3n) is 4.18. The van der Waals surface area contributed by atoms with E-state index in [0.717, 1.165) is 27.7 Å². The van der Waals surface area contributed by atoms with Crippen molar-refractivity contribution in [3.8, 4) is 0 Å². The summed E-state index contributed by atoms with van der Waals surface area (Å²) < 4.78 is 6.16. The summed E-state index contributed by atoms with van der Waals surface area (Å²) in [5.74, 6) is 3.15. The summed E-state index contributed by atoms with van der Waals surface area (Å²) in [6.45, 7) is 2.79. The molecule has 1 N–H and O–H groups in total. The predicted molar refractivity (Wildman–Crippen MR) is 85.0 cm³/mol. The van der Waals surface area contributed by atoms with Crippen molar-refractivity contribution >= 4 is 21.7 Å². The topological polar surface area (TPSA) is 47.0 Å². The van der Waals surface area contributed by atoms with Gasteiger partial charge in [-0.2, -0.15) is 0 Å². The van der Waals surface area contributed by atoms with E-state index >= 15 is 0 Å². The van der Waals surface area contributed by atoms with Crippen LogP contribution in [0.4, 0.5) is 5.82 Å². The van der Waals surface area contributed by atoms with Crippen LogP contribution in [0.15, 0.2) is 4.47 Å². The molecule has 0 amide bonds. The van der Waals surface area contributed by atoms with Gasteiger partial charge in [0.15, 0.2) is 0 Å². The molecule has 1 aliphatic carbocycles. The minimum Gasteiger partial charge on any atom is -0.378 e. The van der Waals surface area contributed by atoms with E-state index < -0.39 is 0 Å². The lowest BCUT2D eigenvalue weighted by Gasteiger charge is -2.28. The molecule has 0 aromatic carbocycles. The van der Waals surface area contributed by atoms with Gasteiger partial charge in [-0.05, 0) is 34.7 Å². The quantitative estimate of drug-likeness (QED) is 0.875. The molecule has 2 unspecified atom stereocenters. The first-order valence-electron chi connectivity index (χ1n) is 7.42. The highest BCUT2D eigenvalue weighted by Crippen LogP contribution is 2.37. The minimum absolute atomic E-state index is 0.490. The van der Waals surface area contributed by atoms with E-state index in [-0.39, 0.29) is 0 Å². The third kappa shape index (κ3) is 3.50. The van der Waals surface area contributed by atoms with Crippen molar-refractivity contribution in [2.45, 2.75) is 51.6 Å². The smallest absolute Gasteiger partial charge is 0.144 e. The van der Waals surface area contributed by atoms with Gasteiger partial charge in [0.05, 0.1) is 16.8 Å². The zero-order valence-corrected chi connectivity index (χ0v) is 14.2. The molecule has 5 heteroatoms. The van der Waals surface area contributed by atoms with Crippen LogP contribution in [0.3, 0.4) is 0 Å². The number of anilines is 1. The molecule has 4 nitrogen and oxygen atoms in total. The van der Waals surface area contributed by atoms with Gasteiger partial charge >= 0.3 is 0 Å². The summed E-state index contributed by atoms with van der Waals surface area (Å²) in [6.07, 6.45) is 6.32. The highest BCUT2D eigenvalue weighted by molar-refractivity contribution is 9.10. The molecule has 1 saturated carbocycles. The highest BCUT2D eigenvalue weighted by Gasteiger charge is 2.25. The number of ether oxygens (including phenoxy) is 1. The van der Waals surface area contributed by atoms with E-state index in [9.17, 15) is 0 Å². The number of nitrogens with one attached hydrogen (secondary N) is 1. The summed E-state index contributed by atoms with van der Waals surface area (Å²) in [5.41, 5.74) is 0.931. The van der Waals surface area contributed by atoms with Gasteiger partial charge in [0, 0.05) is 20.1 Å². The number of hydrogen-bond acceptors (Lipinski definition) is 4. The number of methoxy groups -OCH3 is 1. The average molecular weight is 342 g/mol. The molecule has 1 heterocycles. The maximum absolute atomic E-state index is 5.24. The Balaban J connectivity index is 2.28. The van der Waals surface area contributed by atoms with Crippen LogP contribution < -0.4 is 5.32 Å². The van der Waals surface area contributed by atoms with Crippen LogP contribution in [-0.4, -0.2) is 24.1 Å². The summed E-state index contributed by atoms with van der Waals surface area (Å²) in [5, 5.41) is 3.15. The van der Waals surface area contributed by atoms with Gasteiger partial charge in [0.2, 0.25) is 0 Å². The molecular weight excluding hydrogens is 318 g/mol. The van der Waals surface area contributed by atoms with Crippen LogP contribution in [0.25, 0.3) is 0 Å². The van der Waals surface area contributed by atoms with E-state index in [0.29, 0.717) is 12.5 Å². The summed E-state index contributed by atoms with van der Waals surface area (Å²) >= 11 is 3.56. The SMILES string of the molecule is CCC1CCCC(c2nc(COC)c(Br)c(NC)n2)C1. The monoisotopic (exact) mass is 341 g/mol. The average Bonchev–Trinajstić information content (AvgIpc) is 2.49. The van der Waals surface area contributed by atoms with E-state index in [4.69, 9.17) is 14.7 Å². The Morgan fingerprint density at radius 1 is 1.35 bits per heavy atom. The van der Waals surface area contributed by atoms with Gasteiger partial charge in [0.1, 0.15) is 11.6 Å². The second-order valence-corrected chi connectivity index (χ2v) is 6.30. The molecule has 1 aromatic rings. The molecule has 1 aliphatic rings. The second kappa shape index (κ2) is 7.36. The molecule has 0 bridgehead atoms. The molecule has 1 fully saturated rings. The maximum atomic E-state index is 5.24. The standard InChI is InChI=1S/C15H24BrN3O/c1-4-10-6-5-7-11(8-10)14-18-12(9-20-3)13(16)15(17-2)19-14/h10-11H,4-9H2,1-3H3,(H,17,18,19). The number of hydrogen-bond donors (Lipinski definition) is 1. The molecule has 112 valence electrons. The van der Waals surface area contributed by atoms with Crippen molar-refractivity contribution in [1.29, 1.82) is 0 Å². The molecule has 0 aliphatic heterocycles. The van der Waals surface area contributed by atoms with E-state index in [1.807, 2.05) is 7.05 Å². The first kappa shape index (κ1) is 15.7. The van der Waals surface area contributed by atoms with Gasteiger partial charge in [-0.1, -0.05) is 26.2 Å². The van der Waals surface area contributed by atoms with Crippen molar-refractivity contribution in [2.24, 2.45) is 5.92 Å². The fourth-order valence-corrected chi connectivity index (χ4v) is 3.48. The molecular formula is C15H24BrN3O. The van der Waals surface area contributed by atoms with Gasteiger partial charge in [0.25, 0.3) is 0 Å². The molecule has 1 aromatic heterocycles. The molecule has 0 spiro atoms. The number of halogens is 1. The third-order valence-corrected chi connectivity index (χ3v) is 5.01. The summed E-state index contributed by atoms with van der Waals surface area (Å²) in [4.78, 5) is 9.44. The number of rotatable bonds is 5. The normalized spacial score (nSPS) is 22.8. The van der Waals surface area contributed by atoms with E-state index in [2.05, 4.69) is 28.2 Å². The lowest BCUT2D eigenvalue weighted by atomic mass is 9.80. The van der Waals surface area contributed by atoms with Crippen LogP contribution in [0.1, 0.15) is 56.5 Å². The van der Waals surface area contributed by atoms with Crippen molar-refractivity contribution in [2.75, 3.05) is 19.5 Å². The van der Waals surface area contributed by atoms with Crippen LogP contribution in [0.2, 0.25) is 0 Å². The first-order chi connectivity index (χ1) is 9.69. The fourth-order valence-electron chi connectivity index (χ4n) is 2.99. The van der Waals surface area contributed by atoms with Gasteiger partial charge in [-0.25, -0.2) is 9.97 Å². The van der Waals surface area contributed by atoms with Gasteiger partial charge < -0.3 is 10.1 Å². The number of aromatic nitrogens is 2. The molecule has 0 saturated heterocycles. The summed E-state index contributed by atoms with van der Waals surface area (Å²) in [7, 11) is 3.59. The zero-order chi connectivity index (χ0) is 14.5. The Morgan fingerprint density at radius 2 is 2.15 bits per heavy atom. The Bertz CT molecular complexity index is 453. The highest BCUT2D eigenvalue weighted by atomic mass is 79.9. The molecule has 0 radical (unpaired) electrons. The van der Waals surface area contributed by atoms with Crippen LogP contribution in [0, 0.1) is 5.92 Å². The second-order valence-electron chi connectivity index (χ2n) is 5.51. The molecule has 20 heavy (non-hydrogen) atoms. The number of nitrogens with zero attached hydrogens (tertiary/aromatic N) is 2.